The third kappa shape index (κ3) is 74.9. The van der Waals surface area contributed by atoms with E-state index in [1.54, 1.807) is 6.08 Å². The van der Waals surface area contributed by atoms with Gasteiger partial charge >= 0.3 is 7.82 Å². The number of amides is 1. The highest BCUT2D eigenvalue weighted by Crippen LogP contribution is 2.43. The lowest BCUT2D eigenvalue weighted by atomic mass is 10.0. The van der Waals surface area contributed by atoms with Crippen LogP contribution < -0.4 is 5.32 Å². The standard InChI is InChI=1S/C82H153N2O6P/c1-6-8-10-12-14-16-18-20-22-24-26-28-30-32-34-36-38-40-41-42-43-44-46-48-50-52-54-56-58-60-62-64-66-68-70-72-74-76-82(86)83-80(79-90-91(87,88)89-78-77-84(3,4)5)81(85)75-73-71-69-67-65-63-61-59-57-55-53-51-49-47-45-39-37-35-33-31-29-27-25-23-21-19-17-15-13-11-9-7-2/h8,10,14,16,20,22,26,28,32,34,65,67,73,75,80-81,85H,6-7,9,11-13,15,17-19,21,23-25,27,29-31,33,35-64,66,68-72,74,76-79H2,1-5H3,(H-,83,86,87,88)/p+1/b10-8-,16-14-,22-20-,28-26-,34-32-,67-65+,75-73+. The van der Waals surface area contributed by atoms with Gasteiger partial charge in [0.05, 0.1) is 39.9 Å². The van der Waals surface area contributed by atoms with E-state index in [1.807, 2.05) is 27.2 Å². The quantitative estimate of drug-likeness (QED) is 0.0243. The van der Waals surface area contributed by atoms with Crippen molar-refractivity contribution in [2.75, 3.05) is 40.9 Å². The largest absolute Gasteiger partial charge is 0.472 e. The smallest absolute Gasteiger partial charge is 0.387 e. The average Bonchev–Trinajstić information content (AvgIpc) is 3.42. The first kappa shape index (κ1) is 88.7. The molecule has 0 rings (SSSR count). The number of carbonyl (C=O) groups excluding carboxylic acids is 1. The minimum Gasteiger partial charge on any atom is -0.387 e. The summed E-state index contributed by atoms with van der Waals surface area (Å²) in [7, 11) is 1.57. The molecule has 91 heavy (non-hydrogen) atoms. The van der Waals surface area contributed by atoms with Crippen molar-refractivity contribution in [1.82, 2.24) is 5.32 Å². The molecule has 0 aliphatic heterocycles. The Hall–Kier alpha value is -2.32. The van der Waals surface area contributed by atoms with Crippen LogP contribution in [0.5, 0.6) is 0 Å². The molecule has 1 amide bonds. The molecule has 9 heteroatoms. The molecular formula is C82H154N2O6P+. The van der Waals surface area contributed by atoms with Crippen molar-refractivity contribution in [3.05, 3.63) is 85.1 Å². The predicted octanol–water partition coefficient (Wildman–Crippen LogP) is 25.8. The minimum atomic E-state index is -4.37. The zero-order valence-corrected chi connectivity index (χ0v) is 62.0. The summed E-state index contributed by atoms with van der Waals surface area (Å²) in [5.74, 6) is -0.181. The Morgan fingerprint density at radius 2 is 0.670 bits per heavy atom. The van der Waals surface area contributed by atoms with Crippen LogP contribution in [0.1, 0.15) is 380 Å². The Morgan fingerprint density at radius 1 is 0.385 bits per heavy atom. The second kappa shape index (κ2) is 72.0. The lowest BCUT2D eigenvalue weighted by molar-refractivity contribution is -0.870. The summed E-state index contributed by atoms with van der Waals surface area (Å²) in [6.07, 6.45) is 104. The summed E-state index contributed by atoms with van der Waals surface area (Å²) in [5.41, 5.74) is 0. The molecule has 0 aromatic rings. The van der Waals surface area contributed by atoms with E-state index in [1.165, 1.54) is 289 Å². The van der Waals surface area contributed by atoms with Crippen LogP contribution in [0, 0.1) is 0 Å². The van der Waals surface area contributed by atoms with Crippen LogP contribution >= 0.6 is 7.82 Å². The molecule has 3 atom stereocenters. The first-order valence-corrected chi connectivity index (χ1v) is 41.0. The number of phosphoric ester groups is 1. The Morgan fingerprint density at radius 3 is 1.01 bits per heavy atom. The molecule has 0 aliphatic rings. The van der Waals surface area contributed by atoms with E-state index in [0.717, 1.165) is 70.6 Å². The number of aliphatic hydroxyl groups excluding tert-OH is 1. The number of phosphoric acid groups is 1. The Labute approximate surface area is 567 Å². The first-order valence-electron chi connectivity index (χ1n) is 39.5. The molecule has 0 radical (unpaired) electrons. The minimum absolute atomic E-state index is 0.0558. The number of nitrogens with zero attached hydrogens (tertiary/aromatic N) is 1. The van der Waals surface area contributed by atoms with E-state index in [0.29, 0.717) is 17.4 Å². The van der Waals surface area contributed by atoms with Gasteiger partial charge in [-0.05, 0) is 77.0 Å². The molecule has 3 N–H and O–H groups in total. The lowest BCUT2D eigenvalue weighted by Crippen LogP contribution is -2.45. The molecule has 3 unspecified atom stereocenters. The van der Waals surface area contributed by atoms with Gasteiger partial charge in [0.15, 0.2) is 0 Å². The molecule has 532 valence electrons. The molecule has 0 bridgehead atoms. The fraction of sp³-hybridized carbons (Fsp3) is 0.817. The van der Waals surface area contributed by atoms with Crippen LogP contribution in [0.4, 0.5) is 0 Å². The monoisotopic (exact) mass is 1290 g/mol. The van der Waals surface area contributed by atoms with Crippen LogP contribution in [-0.4, -0.2) is 73.4 Å². The van der Waals surface area contributed by atoms with Gasteiger partial charge in [-0.25, -0.2) is 4.57 Å². The zero-order chi connectivity index (χ0) is 66.2. The van der Waals surface area contributed by atoms with Crippen molar-refractivity contribution in [2.24, 2.45) is 0 Å². The van der Waals surface area contributed by atoms with Gasteiger partial charge in [-0.2, -0.15) is 0 Å². The van der Waals surface area contributed by atoms with E-state index in [2.05, 4.69) is 92.1 Å². The van der Waals surface area contributed by atoms with Crippen molar-refractivity contribution in [3.8, 4) is 0 Å². The van der Waals surface area contributed by atoms with Gasteiger partial charge in [0.2, 0.25) is 5.91 Å². The molecule has 0 spiro atoms. The van der Waals surface area contributed by atoms with E-state index in [-0.39, 0.29) is 19.1 Å². The molecule has 0 heterocycles. The molecule has 8 nitrogen and oxygen atoms in total. The molecule has 0 saturated carbocycles. The summed E-state index contributed by atoms with van der Waals surface area (Å²) in [6, 6.07) is -0.868. The van der Waals surface area contributed by atoms with Crippen LogP contribution in [-0.2, 0) is 18.4 Å². The third-order valence-electron chi connectivity index (χ3n) is 17.8. The summed E-state index contributed by atoms with van der Waals surface area (Å²) >= 11 is 0. The lowest BCUT2D eigenvalue weighted by Gasteiger charge is -2.25. The number of aliphatic hydroxyl groups is 1. The first-order chi connectivity index (χ1) is 44.5. The summed E-state index contributed by atoms with van der Waals surface area (Å²) in [5, 5.41) is 14.0. The van der Waals surface area contributed by atoms with Crippen LogP contribution in [0.2, 0.25) is 0 Å². The number of quaternary nitrogens is 1. The Kier molecular flexibility index (Phi) is 70.1. The fourth-order valence-corrected chi connectivity index (χ4v) is 12.5. The summed E-state index contributed by atoms with van der Waals surface area (Å²) in [6.45, 7) is 4.73. The molecule has 0 aromatic heterocycles. The van der Waals surface area contributed by atoms with E-state index < -0.39 is 20.0 Å². The predicted molar refractivity (Wildman–Crippen MR) is 401 cm³/mol. The number of hydrogen-bond acceptors (Lipinski definition) is 5. The van der Waals surface area contributed by atoms with Gasteiger partial charge in [-0.15, -0.1) is 0 Å². The molecular weight excluding hydrogens is 1140 g/mol. The number of allylic oxidation sites excluding steroid dienone is 13. The number of hydrogen-bond donors (Lipinski definition) is 3. The molecule has 0 saturated heterocycles. The fourth-order valence-electron chi connectivity index (χ4n) is 11.8. The number of likely N-dealkylation sites (N-methyl/N-ethyl adjacent to an activating group) is 1. The van der Waals surface area contributed by atoms with Gasteiger partial charge in [0, 0.05) is 6.42 Å². The van der Waals surface area contributed by atoms with Crippen molar-refractivity contribution < 1.29 is 32.9 Å². The number of unbranched alkanes of at least 4 members (excludes halogenated alkanes) is 48. The number of rotatable bonds is 73. The van der Waals surface area contributed by atoms with E-state index in [9.17, 15) is 19.4 Å². The summed E-state index contributed by atoms with van der Waals surface area (Å²) in [4.78, 5) is 23.5. The van der Waals surface area contributed by atoms with Crippen LogP contribution in [0.25, 0.3) is 0 Å². The Bertz CT molecular complexity index is 1760. The maximum absolute atomic E-state index is 13.1. The highest BCUT2D eigenvalue weighted by molar-refractivity contribution is 7.47. The van der Waals surface area contributed by atoms with Crippen LogP contribution in [0.3, 0.4) is 0 Å². The SMILES string of the molecule is CC/C=C\C/C=C\C/C=C\C/C=C\C/C=C\CCCCCCCCCCCCCCCCCCCCCCCC(=O)NC(COP(=O)(O)OCC[N+](C)(C)C)C(O)/C=C/CC/C=C/CCCCCCCCCCCCCCCCCCCCCCCCCCCC. The van der Waals surface area contributed by atoms with Gasteiger partial charge in [-0.1, -0.05) is 381 Å². The highest BCUT2D eigenvalue weighted by Gasteiger charge is 2.28. The number of carbonyl (C=O) groups is 1. The van der Waals surface area contributed by atoms with Gasteiger partial charge < -0.3 is 19.8 Å². The van der Waals surface area contributed by atoms with E-state index in [4.69, 9.17) is 9.05 Å². The van der Waals surface area contributed by atoms with Gasteiger partial charge in [-0.3, -0.25) is 13.8 Å². The molecule has 0 aromatic carbocycles. The maximum atomic E-state index is 13.1. The topological polar surface area (TPSA) is 105 Å². The summed E-state index contributed by atoms with van der Waals surface area (Å²) < 4.78 is 23.9. The third-order valence-corrected chi connectivity index (χ3v) is 18.8. The highest BCUT2D eigenvalue weighted by atomic mass is 31.2. The Balaban J connectivity index is 4.00. The zero-order valence-electron chi connectivity index (χ0n) is 61.1. The van der Waals surface area contributed by atoms with E-state index >= 15 is 0 Å². The van der Waals surface area contributed by atoms with Crippen molar-refractivity contribution >= 4 is 13.7 Å². The van der Waals surface area contributed by atoms with Crippen molar-refractivity contribution in [1.29, 1.82) is 0 Å². The second-order valence-electron chi connectivity index (χ2n) is 28.1. The van der Waals surface area contributed by atoms with Crippen molar-refractivity contribution in [3.63, 3.8) is 0 Å². The average molecular weight is 1300 g/mol. The second-order valence-corrected chi connectivity index (χ2v) is 29.5. The molecule has 0 aliphatic carbocycles. The van der Waals surface area contributed by atoms with Crippen molar-refractivity contribution in [2.45, 2.75) is 392 Å². The normalized spacial score (nSPS) is 14.0. The molecule has 0 fully saturated rings. The van der Waals surface area contributed by atoms with Crippen LogP contribution in [0.15, 0.2) is 85.1 Å². The maximum Gasteiger partial charge on any atom is 0.472 e. The van der Waals surface area contributed by atoms with Gasteiger partial charge in [0.1, 0.15) is 13.2 Å². The number of nitrogens with one attached hydrogen (secondary N) is 1. The van der Waals surface area contributed by atoms with Gasteiger partial charge in [0.25, 0.3) is 0 Å².